The highest BCUT2D eigenvalue weighted by Crippen LogP contribution is 2.20. The van der Waals surface area contributed by atoms with Crippen LogP contribution in [0.2, 0.25) is 5.02 Å². The van der Waals surface area contributed by atoms with Crippen molar-refractivity contribution in [3.05, 3.63) is 82.5 Å². The van der Waals surface area contributed by atoms with Crippen LogP contribution in [-0.2, 0) is 24.3 Å². The highest BCUT2D eigenvalue weighted by atomic mass is 35.5. The number of carbonyl (C=O) groups is 1. The number of nitrogens with one attached hydrogen (secondary N) is 1. The van der Waals surface area contributed by atoms with Crippen LogP contribution in [-0.4, -0.2) is 33.7 Å². The first-order valence-electron chi connectivity index (χ1n) is 9.03. The maximum atomic E-state index is 12.5. The molecular formula is C21H21ClN4O. The first kappa shape index (κ1) is 17.8. The molecule has 0 bridgehead atoms. The summed E-state index contributed by atoms with van der Waals surface area (Å²) in [6, 6.07) is 17.9. The Morgan fingerprint density at radius 1 is 1.07 bits per heavy atom. The molecule has 0 saturated heterocycles. The van der Waals surface area contributed by atoms with Crippen molar-refractivity contribution < 1.29 is 4.79 Å². The Labute approximate surface area is 163 Å². The molecule has 0 fully saturated rings. The number of hydrogen-bond acceptors (Lipinski definition) is 3. The SMILES string of the molecule is O=C(CN1CCc2ccccc2C1)Nc1ccnn1Cc1ccccc1Cl. The van der Waals surface area contributed by atoms with Crippen molar-refractivity contribution in [1.82, 2.24) is 14.7 Å². The minimum atomic E-state index is -0.0321. The molecule has 0 radical (unpaired) electrons. The van der Waals surface area contributed by atoms with Gasteiger partial charge in [-0.3, -0.25) is 9.69 Å². The normalized spacial score (nSPS) is 14.0. The molecule has 6 heteroatoms. The number of nitrogens with zero attached hydrogens (tertiary/aromatic N) is 3. The zero-order valence-electron chi connectivity index (χ0n) is 14.9. The second-order valence-electron chi connectivity index (χ2n) is 6.74. The van der Waals surface area contributed by atoms with Crippen molar-refractivity contribution in [1.29, 1.82) is 0 Å². The number of carbonyl (C=O) groups excluding carboxylic acids is 1. The molecule has 1 N–H and O–H groups in total. The molecule has 0 aliphatic carbocycles. The highest BCUT2D eigenvalue weighted by molar-refractivity contribution is 6.31. The van der Waals surface area contributed by atoms with Crippen LogP contribution in [0.15, 0.2) is 60.8 Å². The number of anilines is 1. The van der Waals surface area contributed by atoms with Crippen LogP contribution in [0, 0.1) is 0 Å². The van der Waals surface area contributed by atoms with Gasteiger partial charge in [-0.2, -0.15) is 5.10 Å². The van der Waals surface area contributed by atoms with E-state index in [2.05, 4.69) is 39.6 Å². The van der Waals surface area contributed by atoms with Crippen LogP contribution < -0.4 is 5.32 Å². The van der Waals surface area contributed by atoms with Crippen molar-refractivity contribution >= 4 is 23.3 Å². The topological polar surface area (TPSA) is 50.2 Å². The van der Waals surface area contributed by atoms with Gasteiger partial charge in [0.05, 0.1) is 19.3 Å². The minimum Gasteiger partial charge on any atom is -0.310 e. The maximum Gasteiger partial charge on any atom is 0.239 e. The summed E-state index contributed by atoms with van der Waals surface area (Å²) in [4.78, 5) is 14.7. The summed E-state index contributed by atoms with van der Waals surface area (Å²) in [6.45, 7) is 2.58. The Morgan fingerprint density at radius 3 is 2.70 bits per heavy atom. The van der Waals surface area contributed by atoms with Gasteiger partial charge in [-0.15, -0.1) is 0 Å². The van der Waals surface area contributed by atoms with Gasteiger partial charge < -0.3 is 5.32 Å². The van der Waals surface area contributed by atoms with Crippen molar-refractivity contribution in [3.8, 4) is 0 Å². The van der Waals surface area contributed by atoms with Gasteiger partial charge in [0.1, 0.15) is 5.82 Å². The molecule has 1 amide bonds. The summed E-state index contributed by atoms with van der Waals surface area (Å²) >= 11 is 6.23. The van der Waals surface area contributed by atoms with E-state index in [1.54, 1.807) is 16.9 Å². The van der Waals surface area contributed by atoms with Gasteiger partial charge >= 0.3 is 0 Å². The number of amides is 1. The van der Waals surface area contributed by atoms with Crippen LogP contribution in [0.4, 0.5) is 5.82 Å². The molecule has 0 atom stereocenters. The lowest BCUT2D eigenvalue weighted by Crippen LogP contribution is -2.37. The van der Waals surface area contributed by atoms with Crippen LogP contribution in [0.5, 0.6) is 0 Å². The van der Waals surface area contributed by atoms with Gasteiger partial charge in [0, 0.05) is 24.2 Å². The zero-order chi connectivity index (χ0) is 18.6. The summed E-state index contributed by atoms with van der Waals surface area (Å²) in [5.41, 5.74) is 3.65. The fraction of sp³-hybridized carbons (Fsp3) is 0.238. The number of rotatable bonds is 5. The van der Waals surface area contributed by atoms with E-state index < -0.39 is 0 Å². The lowest BCUT2D eigenvalue weighted by molar-refractivity contribution is -0.117. The molecule has 0 saturated carbocycles. The van der Waals surface area contributed by atoms with E-state index in [0.29, 0.717) is 23.9 Å². The fourth-order valence-corrected chi connectivity index (χ4v) is 3.62. The molecule has 1 aliphatic heterocycles. The average Bonchev–Trinajstić information content (AvgIpc) is 3.10. The first-order chi connectivity index (χ1) is 13.2. The molecule has 1 aliphatic rings. The Bertz CT molecular complexity index is 953. The van der Waals surface area contributed by atoms with Gasteiger partial charge in [-0.25, -0.2) is 4.68 Å². The van der Waals surface area contributed by atoms with Gasteiger partial charge in [0.15, 0.2) is 0 Å². The van der Waals surface area contributed by atoms with Gasteiger partial charge in [0.25, 0.3) is 0 Å². The molecule has 5 nitrogen and oxygen atoms in total. The molecule has 3 aromatic rings. The molecular weight excluding hydrogens is 360 g/mol. The van der Waals surface area contributed by atoms with Crippen LogP contribution >= 0.6 is 11.6 Å². The molecule has 0 spiro atoms. The predicted octanol–water partition coefficient (Wildman–Crippen LogP) is 3.58. The Kier molecular flexibility index (Phi) is 5.23. The Morgan fingerprint density at radius 2 is 1.85 bits per heavy atom. The molecule has 2 heterocycles. The standard InChI is InChI=1S/C21H21ClN4O/c22-19-8-4-3-7-18(19)14-26-20(9-11-23-26)24-21(27)15-25-12-10-16-5-1-2-6-17(16)13-25/h1-9,11H,10,12-15H2,(H,24,27). The summed E-state index contributed by atoms with van der Waals surface area (Å²) in [6.07, 6.45) is 2.66. The third-order valence-electron chi connectivity index (χ3n) is 4.84. The van der Waals surface area contributed by atoms with E-state index in [9.17, 15) is 4.79 Å². The number of aromatic nitrogens is 2. The highest BCUT2D eigenvalue weighted by Gasteiger charge is 2.18. The lowest BCUT2D eigenvalue weighted by Gasteiger charge is -2.28. The third kappa shape index (κ3) is 4.21. The molecule has 1 aromatic heterocycles. The van der Waals surface area contributed by atoms with Gasteiger partial charge in [0.2, 0.25) is 5.91 Å². The van der Waals surface area contributed by atoms with Crippen molar-refractivity contribution in [2.24, 2.45) is 0 Å². The lowest BCUT2D eigenvalue weighted by atomic mass is 10.00. The minimum absolute atomic E-state index is 0.0321. The first-order valence-corrected chi connectivity index (χ1v) is 9.41. The van der Waals surface area contributed by atoms with Crippen molar-refractivity contribution in [3.63, 3.8) is 0 Å². The number of hydrogen-bond donors (Lipinski definition) is 1. The quantitative estimate of drug-likeness (QED) is 0.736. The third-order valence-corrected chi connectivity index (χ3v) is 5.21. The van der Waals surface area contributed by atoms with E-state index in [-0.39, 0.29) is 5.91 Å². The van der Waals surface area contributed by atoms with E-state index in [1.165, 1.54) is 11.1 Å². The fourth-order valence-electron chi connectivity index (χ4n) is 3.43. The van der Waals surface area contributed by atoms with E-state index in [1.807, 2.05) is 24.3 Å². The smallest absolute Gasteiger partial charge is 0.239 e. The summed E-state index contributed by atoms with van der Waals surface area (Å²) in [5, 5.41) is 7.98. The number of halogens is 1. The molecule has 2 aromatic carbocycles. The summed E-state index contributed by atoms with van der Waals surface area (Å²) < 4.78 is 1.75. The molecule has 138 valence electrons. The number of benzene rings is 2. The van der Waals surface area contributed by atoms with Crippen molar-refractivity contribution in [2.75, 3.05) is 18.4 Å². The van der Waals surface area contributed by atoms with Crippen LogP contribution in [0.25, 0.3) is 0 Å². The van der Waals surface area contributed by atoms with Gasteiger partial charge in [-0.1, -0.05) is 54.1 Å². The molecule has 4 rings (SSSR count). The van der Waals surface area contributed by atoms with Crippen molar-refractivity contribution in [2.45, 2.75) is 19.5 Å². The monoisotopic (exact) mass is 380 g/mol. The largest absolute Gasteiger partial charge is 0.310 e. The summed E-state index contributed by atoms with van der Waals surface area (Å²) in [7, 11) is 0. The molecule has 0 unspecified atom stereocenters. The van der Waals surface area contributed by atoms with E-state index in [4.69, 9.17) is 11.6 Å². The predicted molar refractivity (Wildman–Crippen MR) is 107 cm³/mol. The van der Waals surface area contributed by atoms with Crippen LogP contribution in [0.1, 0.15) is 16.7 Å². The molecule has 27 heavy (non-hydrogen) atoms. The van der Waals surface area contributed by atoms with E-state index in [0.717, 1.165) is 25.1 Å². The Hall–Kier alpha value is -2.63. The maximum absolute atomic E-state index is 12.5. The van der Waals surface area contributed by atoms with Gasteiger partial charge in [-0.05, 0) is 29.2 Å². The Balaban J connectivity index is 1.38. The average molecular weight is 381 g/mol. The zero-order valence-corrected chi connectivity index (χ0v) is 15.7. The number of fused-ring (bicyclic) bond motifs is 1. The second kappa shape index (κ2) is 7.94. The van der Waals surface area contributed by atoms with E-state index >= 15 is 0 Å². The van der Waals surface area contributed by atoms with Crippen LogP contribution in [0.3, 0.4) is 0 Å². The summed E-state index contributed by atoms with van der Waals surface area (Å²) in [5.74, 6) is 0.646. The second-order valence-corrected chi connectivity index (χ2v) is 7.15.